The summed E-state index contributed by atoms with van der Waals surface area (Å²) < 4.78 is 12.3. The number of thiophene rings is 1. The van der Waals surface area contributed by atoms with Crippen molar-refractivity contribution in [2.45, 2.75) is 104 Å². The van der Waals surface area contributed by atoms with Crippen molar-refractivity contribution in [3.05, 3.63) is 100 Å². The number of carbonyl (C=O) groups excluding carboxylic acids is 3. The highest BCUT2D eigenvalue weighted by molar-refractivity contribution is 7.14. The molecule has 2 amide bonds. The molecule has 2 aromatic carbocycles. The summed E-state index contributed by atoms with van der Waals surface area (Å²) in [5, 5.41) is 15.4. The van der Waals surface area contributed by atoms with Gasteiger partial charge in [-0.05, 0) is 70.2 Å². The molecule has 0 fully saturated rings. The molecule has 4 aromatic rings. The molecule has 3 N–H and O–H groups in total. The summed E-state index contributed by atoms with van der Waals surface area (Å²) in [6.07, 6.45) is 1.84. The molecule has 10 nitrogen and oxygen atoms in total. The lowest BCUT2D eigenvalue weighted by molar-refractivity contribution is -0.167. The van der Waals surface area contributed by atoms with Gasteiger partial charge >= 0.3 is 5.97 Å². The van der Waals surface area contributed by atoms with E-state index in [2.05, 4.69) is 41.4 Å². The Morgan fingerprint density at radius 1 is 0.800 bits per heavy atom. The van der Waals surface area contributed by atoms with Crippen LogP contribution in [0.2, 0.25) is 0 Å². The van der Waals surface area contributed by atoms with Gasteiger partial charge in [0.1, 0.15) is 17.7 Å². The van der Waals surface area contributed by atoms with Gasteiger partial charge in [0.05, 0.1) is 22.9 Å². The number of hydrogen-bond donors (Lipinski definition) is 3. The van der Waals surface area contributed by atoms with Crippen molar-refractivity contribution in [2.75, 3.05) is 0 Å². The number of nitrogens with zero attached hydrogens (tertiary/aromatic N) is 2. The third-order valence-corrected chi connectivity index (χ3v) is 8.86. The van der Waals surface area contributed by atoms with Crippen LogP contribution in [0.15, 0.2) is 79.1 Å². The van der Waals surface area contributed by atoms with Gasteiger partial charge in [0.15, 0.2) is 17.6 Å². The highest BCUT2D eigenvalue weighted by atomic mass is 32.1. The number of nitrogens with one attached hydrogen (secondary N) is 2. The van der Waals surface area contributed by atoms with Crippen LogP contribution in [-0.4, -0.2) is 56.1 Å². The smallest absolute Gasteiger partial charge is 0.332 e. The predicted octanol–water partition coefficient (Wildman–Crippen LogP) is 6.93. The zero-order valence-electron chi connectivity index (χ0n) is 30.2. The maximum Gasteiger partial charge on any atom is 0.332 e. The number of hydrogen-bond acceptors (Lipinski definition) is 9. The fourth-order valence-electron chi connectivity index (χ4n) is 5.03. The Hall–Kier alpha value is -4.61. The highest BCUT2D eigenvalue weighted by Crippen LogP contribution is 2.31. The van der Waals surface area contributed by atoms with Crippen molar-refractivity contribution in [3.63, 3.8) is 0 Å². The second-order valence-corrected chi connectivity index (χ2v) is 16.3. The summed E-state index contributed by atoms with van der Waals surface area (Å²) >= 11 is 1.37. The Labute approximate surface area is 298 Å². The first kappa shape index (κ1) is 38.2. The number of aromatic hydroxyl groups is 1. The van der Waals surface area contributed by atoms with Gasteiger partial charge in [-0.25, -0.2) is 14.8 Å². The molecule has 2 aromatic heterocycles. The second kappa shape index (κ2) is 15.5. The summed E-state index contributed by atoms with van der Waals surface area (Å²) in [5.41, 5.74) is 0.453. The molecule has 2 heterocycles. The largest absolute Gasteiger partial charge is 0.505 e. The molecule has 0 saturated carbocycles. The molecule has 2 unspecified atom stereocenters. The number of carbonyl (C=O) groups is 3. The Kier molecular flexibility index (Phi) is 11.9. The minimum atomic E-state index is -1.24. The fraction of sp³-hybridized carbons (Fsp3) is 0.410. The Morgan fingerprint density at radius 2 is 1.42 bits per heavy atom. The predicted molar refractivity (Wildman–Crippen MR) is 195 cm³/mol. The zero-order chi connectivity index (χ0) is 36.9. The monoisotopic (exact) mass is 700 g/mol. The van der Waals surface area contributed by atoms with Crippen LogP contribution < -0.4 is 10.6 Å². The van der Waals surface area contributed by atoms with Crippen molar-refractivity contribution in [3.8, 4) is 17.1 Å². The normalized spacial score (nSPS) is 13.9. The first-order chi connectivity index (χ1) is 23.3. The van der Waals surface area contributed by atoms with Crippen LogP contribution in [0.1, 0.15) is 94.1 Å². The topological polar surface area (TPSA) is 140 Å². The number of aromatic nitrogens is 2. The van der Waals surface area contributed by atoms with Gasteiger partial charge in [-0.15, -0.1) is 11.3 Å². The van der Waals surface area contributed by atoms with Crippen LogP contribution in [0.5, 0.6) is 5.75 Å². The number of amides is 2. The van der Waals surface area contributed by atoms with Crippen LogP contribution in [-0.2, 0) is 30.9 Å². The summed E-state index contributed by atoms with van der Waals surface area (Å²) in [6.45, 7) is 17.1. The highest BCUT2D eigenvalue weighted by Gasteiger charge is 2.39. The van der Waals surface area contributed by atoms with E-state index in [0.717, 1.165) is 10.4 Å². The van der Waals surface area contributed by atoms with Crippen LogP contribution >= 0.6 is 11.3 Å². The first-order valence-corrected chi connectivity index (χ1v) is 17.4. The molecule has 50 heavy (non-hydrogen) atoms. The number of rotatable bonds is 11. The molecule has 0 saturated heterocycles. The van der Waals surface area contributed by atoms with E-state index in [-0.39, 0.29) is 17.6 Å². The average molecular weight is 701 g/mol. The molecule has 0 aliphatic carbocycles. The van der Waals surface area contributed by atoms with E-state index in [1.807, 2.05) is 69.3 Å². The van der Waals surface area contributed by atoms with Crippen LogP contribution in [0, 0.1) is 0 Å². The van der Waals surface area contributed by atoms with E-state index in [9.17, 15) is 19.5 Å². The van der Waals surface area contributed by atoms with Gasteiger partial charge in [0.25, 0.3) is 5.91 Å². The summed E-state index contributed by atoms with van der Waals surface area (Å²) in [4.78, 5) is 51.7. The van der Waals surface area contributed by atoms with E-state index < -0.39 is 47.2 Å². The Morgan fingerprint density at radius 3 is 1.96 bits per heavy atom. The average Bonchev–Trinajstić information content (AvgIpc) is 3.54. The van der Waals surface area contributed by atoms with Crippen molar-refractivity contribution < 1.29 is 29.0 Å². The first-order valence-electron chi connectivity index (χ1n) is 16.6. The lowest BCUT2D eigenvalue weighted by Gasteiger charge is -2.35. The van der Waals surface area contributed by atoms with E-state index in [0.29, 0.717) is 21.8 Å². The van der Waals surface area contributed by atoms with Gasteiger partial charge in [0, 0.05) is 16.9 Å². The van der Waals surface area contributed by atoms with Crippen molar-refractivity contribution in [2.24, 2.45) is 0 Å². The number of esters is 1. The summed E-state index contributed by atoms with van der Waals surface area (Å²) in [5.74, 6) is -1.26. The van der Waals surface area contributed by atoms with E-state index in [1.54, 1.807) is 39.0 Å². The third kappa shape index (κ3) is 10.9. The van der Waals surface area contributed by atoms with Gasteiger partial charge in [-0.2, -0.15) is 0 Å². The van der Waals surface area contributed by atoms with Gasteiger partial charge < -0.3 is 25.2 Å². The van der Waals surface area contributed by atoms with Crippen LogP contribution in [0.25, 0.3) is 11.4 Å². The van der Waals surface area contributed by atoms with Gasteiger partial charge in [-0.1, -0.05) is 75.4 Å². The second-order valence-electron chi connectivity index (χ2n) is 15.2. The Balaban J connectivity index is 1.70. The minimum Gasteiger partial charge on any atom is -0.505 e. The van der Waals surface area contributed by atoms with Gasteiger partial charge in [-0.3, -0.25) is 9.59 Å². The maximum absolute atomic E-state index is 14.4. The van der Waals surface area contributed by atoms with Crippen molar-refractivity contribution in [1.29, 1.82) is 0 Å². The number of benzene rings is 2. The molecule has 3 atom stereocenters. The van der Waals surface area contributed by atoms with Crippen molar-refractivity contribution in [1.82, 2.24) is 20.6 Å². The SMILES string of the molecule is CC(C)(C)OC(=O)C(NC(=O)[C@H](Cc1ccc(-c2ncc(O)cn2)cc1)NC(=O)c1ccc(C(C)(C)C)s1)C(OC(C)(C)C)c1ccccc1. The van der Waals surface area contributed by atoms with E-state index in [4.69, 9.17) is 9.47 Å². The summed E-state index contributed by atoms with van der Waals surface area (Å²) in [7, 11) is 0. The lowest BCUT2D eigenvalue weighted by Crippen LogP contribution is -2.55. The molecule has 0 aliphatic heterocycles. The molecule has 4 rings (SSSR count). The molecule has 11 heteroatoms. The van der Waals surface area contributed by atoms with Crippen LogP contribution in [0.3, 0.4) is 0 Å². The van der Waals surface area contributed by atoms with Crippen molar-refractivity contribution >= 4 is 29.1 Å². The molecule has 0 radical (unpaired) electrons. The molecule has 0 spiro atoms. The maximum atomic E-state index is 14.4. The van der Waals surface area contributed by atoms with Crippen LogP contribution in [0.4, 0.5) is 0 Å². The minimum absolute atomic E-state index is 0.0394. The quantitative estimate of drug-likeness (QED) is 0.143. The van der Waals surface area contributed by atoms with E-state index in [1.165, 1.54) is 23.7 Å². The molecular formula is C39H48N4O6S. The molecule has 266 valence electrons. The standard InChI is InChI=1S/C39H48N4O6S/c1-37(2,3)30-20-19-29(50-30)35(46)42-28(21-24-15-17-26(18-16-24)33-40-22-27(44)23-41-33)34(45)43-31(36(47)49-39(7,8)9)32(48-38(4,5)6)25-13-11-10-12-14-25/h10-20,22-23,28,31-32,44H,21H2,1-9H3,(H,42,46)(H,43,45)/t28-,31?,32?/m0/s1. The summed E-state index contributed by atoms with van der Waals surface area (Å²) in [6, 6.07) is 17.8. The molecule has 0 bridgehead atoms. The van der Waals surface area contributed by atoms with Gasteiger partial charge in [0.2, 0.25) is 5.91 Å². The number of ether oxygens (including phenoxy) is 2. The third-order valence-electron chi connectivity index (χ3n) is 7.35. The fourth-order valence-corrected chi connectivity index (χ4v) is 5.99. The zero-order valence-corrected chi connectivity index (χ0v) is 31.1. The Bertz CT molecular complexity index is 1750. The van der Waals surface area contributed by atoms with E-state index >= 15 is 0 Å². The molecular weight excluding hydrogens is 653 g/mol. The lowest BCUT2D eigenvalue weighted by atomic mass is 9.95. The molecule has 0 aliphatic rings.